The van der Waals surface area contributed by atoms with Crippen LogP contribution in [0.2, 0.25) is 0 Å². The van der Waals surface area contributed by atoms with Gasteiger partial charge in [-0.05, 0) is 18.1 Å². The molecule has 116 valence electrons. The second kappa shape index (κ2) is 7.20. The van der Waals surface area contributed by atoms with Gasteiger partial charge < -0.3 is 4.90 Å². The average Bonchev–Trinajstić information content (AvgIpc) is 2.97. The predicted octanol–water partition coefficient (Wildman–Crippen LogP) is 4.47. The zero-order valence-electron chi connectivity index (χ0n) is 13.0. The van der Waals surface area contributed by atoms with Gasteiger partial charge >= 0.3 is 0 Å². The van der Waals surface area contributed by atoms with Gasteiger partial charge in [-0.2, -0.15) is 0 Å². The molecule has 23 heavy (non-hydrogen) atoms. The number of carbonyl (C=O) groups excluding carboxylic acids is 1. The minimum atomic E-state index is 0.700. The molecule has 0 N–H and O–H groups in total. The largest absolute Gasteiger partial charge is 0.339 e. The number of thiazole rings is 1. The van der Waals surface area contributed by atoms with Gasteiger partial charge in [0.2, 0.25) is 0 Å². The summed E-state index contributed by atoms with van der Waals surface area (Å²) in [6.07, 6.45) is 0.889. The second-order valence-corrected chi connectivity index (χ2v) is 6.40. The summed E-state index contributed by atoms with van der Waals surface area (Å²) in [5, 5.41) is 0.886. The van der Waals surface area contributed by atoms with Gasteiger partial charge in [-0.15, -0.1) is 0 Å². The van der Waals surface area contributed by atoms with Gasteiger partial charge in [0, 0.05) is 13.1 Å². The minimum Gasteiger partial charge on any atom is -0.339 e. The van der Waals surface area contributed by atoms with Gasteiger partial charge in [0.05, 0.1) is 10.6 Å². The average molecular weight is 322 g/mol. The molecule has 0 spiro atoms. The van der Waals surface area contributed by atoms with Gasteiger partial charge in [0.1, 0.15) is 0 Å². The molecule has 2 aromatic carbocycles. The number of carbonyl (C=O) groups is 1. The van der Waals surface area contributed by atoms with Crippen molar-refractivity contribution in [1.29, 1.82) is 0 Å². The lowest BCUT2D eigenvalue weighted by Gasteiger charge is -2.22. The van der Waals surface area contributed by atoms with Crippen molar-refractivity contribution in [1.82, 2.24) is 4.98 Å². The number of anilines is 1. The van der Waals surface area contributed by atoms with Crippen molar-refractivity contribution < 1.29 is 4.79 Å². The van der Waals surface area contributed by atoms with Crippen LogP contribution in [0.5, 0.6) is 0 Å². The fraction of sp³-hybridized carbons (Fsp3) is 0.158. The van der Waals surface area contributed by atoms with Gasteiger partial charge in [0.15, 0.2) is 11.4 Å². The van der Waals surface area contributed by atoms with Gasteiger partial charge in [-0.1, -0.05) is 72.0 Å². The molecule has 0 unspecified atom stereocenters. The highest BCUT2D eigenvalue weighted by Gasteiger charge is 2.15. The van der Waals surface area contributed by atoms with E-state index in [1.54, 1.807) is 0 Å². The standard InChI is InChI=1S/C19H18N2OS/c1-15-18(14-22)23-19(20-15)21(12-16-8-4-2-5-9-16)13-17-10-6-3-7-11-17/h2-11,14H,12-13H2,1H3. The maximum absolute atomic E-state index is 11.1. The number of aryl methyl sites for hydroxylation is 1. The highest BCUT2D eigenvalue weighted by atomic mass is 32.1. The molecule has 0 aliphatic carbocycles. The van der Waals surface area contributed by atoms with Crippen LogP contribution in [0.4, 0.5) is 5.13 Å². The van der Waals surface area contributed by atoms with Crippen LogP contribution in [-0.2, 0) is 13.1 Å². The Morgan fingerprint density at radius 3 is 1.91 bits per heavy atom. The summed E-state index contributed by atoms with van der Waals surface area (Å²) in [6.45, 7) is 3.41. The molecular formula is C19H18N2OS. The Labute approximate surface area is 140 Å². The van der Waals surface area contributed by atoms with E-state index in [0.717, 1.165) is 30.2 Å². The van der Waals surface area contributed by atoms with Crippen LogP contribution >= 0.6 is 11.3 Å². The Morgan fingerprint density at radius 2 is 1.48 bits per heavy atom. The topological polar surface area (TPSA) is 33.2 Å². The molecule has 0 amide bonds. The van der Waals surface area contributed by atoms with E-state index >= 15 is 0 Å². The Kier molecular flexibility index (Phi) is 4.83. The fourth-order valence-electron chi connectivity index (χ4n) is 2.44. The first-order chi connectivity index (χ1) is 11.3. The van der Waals surface area contributed by atoms with Crippen molar-refractivity contribution in [3.63, 3.8) is 0 Å². The molecule has 0 aliphatic rings. The van der Waals surface area contributed by atoms with Gasteiger partial charge in [0.25, 0.3) is 0 Å². The Bertz CT molecular complexity index is 727. The lowest BCUT2D eigenvalue weighted by atomic mass is 10.2. The molecule has 0 saturated heterocycles. The monoisotopic (exact) mass is 322 g/mol. The minimum absolute atomic E-state index is 0.700. The van der Waals surface area contributed by atoms with Crippen LogP contribution in [0.1, 0.15) is 26.5 Å². The van der Waals surface area contributed by atoms with Crippen LogP contribution in [0.25, 0.3) is 0 Å². The molecule has 0 atom stereocenters. The molecule has 0 fully saturated rings. The highest BCUT2D eigenvalue weighted by molar-refractivity contribution is 7.17. The molecule has 0 aliphatic heterocycles. The summed E-state index contributed by atoms with van der Waals surface area (Å²) in [4.78, 5) is 18.6. The van der Waals surface area contributed by atoms with E-state index in [1.807, 2.05) is 43.3 Å². The fourth-order valence-corrected chi connectivity index (χ4v) is 3.32. The van der Waals surface area contributed by atoms with E-state index < -0.39 is 0 Å². The van der Waals surface area contributed by atoms with Crippen LogP contribution in [-0.4, -0.2) is 11.3 Å². The maximum atomic E-state index is 11.1. The molecular weight excluding hydrogens is 304 g/mol. The van der Waals surface area contributed by atoms with Crippen molar-refractivity contribution in [3.05, 3.63) is 82.4 Å². The van der Waals surface area contributed by atoms with E-state index in [0.29, 0.717) is 4.88 Å². The van der Waals surface area contributed by atoms with E-state index in [4.69, 9.17) is 0 Å². The van der Waals surface area contributed by atoms with Crippen LogP contribution < -0.4 is 4.90 Å². The number of nitrogens with zero attached hydrogens (tertiary/aromatic N) is 2. The van der Waals surface area contributed by atoms with Crippen LogP contribution in [0.15, 0.2) is 60.7 Å². The number of rotatable bonds is 6. The lowest BCUT2D eigenvalue weighted by Crippen LogP contribution is -2.21. The molecule has 0 radical (unpaired) electrons. The second-order valence-electron chi connectivity index (χ2n) is 5.39. The first-order valence-corrected chi connectivity index (χ1v) is 8.33. The predicted molar refractivity (Wildman–Crippen MR) is 95.0 cm³/mol. The number of aldehydes is 1. The third-order valence-corrected chi connectivity index (χ3v) is 4.77. The number of hydrogen-bond donors (Lipinski definition) is 0. The highest BCUT2D eigenvalue weighted by Crippen LogP contribution is 2.27. The van der Waals surface area contributed by atoms with Gasteiger partial charge in [-0.25, -0.2) is 4.98 Å². The Balaban J connectivity index is 1.90. The van der Waals surface area contributed by atoms with E-state index in [9.17, 15) is 4.79 Å². The first-order valence-electron chi connectivity index (χ1n) is 7.51. The molecule has 0 saturated carbocycles. The Morgan fingerprint density at radius 1 is 0.957 bits per heavy atom. The zero-order chi connectivity index (χ0) is 16.1. The van der Waals surface area contributed by atoms with Crippen molar-refractivity contribution in [3.8, 4) is 0 Å². The van der Waals surface area contributed by atoms with E-state index in [1.165, 1.54) is 22.5 Å². The van der Waals surface area contributed by atoms with E-state index in [2.05, 4.69) is 34.1 Å². The SMILES string of the molecule is Cc1nc(N(Cc2ccccc2)Cc2ccccc2)sc1C=O. The van der Waals surface area contributed by atoms with E-state index in [-0.39, 0.29) is 0 Å². The van der Waals surface area contributed by atoms with Gasteiger partial charge in [-0.3, -0.25) is 4.79 Å². The molecule has 0 bridgehead atoms. The normalized spacial score (nSPS) is 10.5. The summed E-state index contributed by atoms with van der Waals surface area (Å²) in [5.74, 6) is 0. The molecule has 3 nitrogen and oxygen atoms in total. The van der Waals surface area contributed by atoms with Crippen LogP contribution in [0.3, 0.4) is 0 Å². The summed E-state index contributed by atoms with van der Waals surface area (Å²) >= 11 is 1.45. The van der Waals surface area contributed by atoms with Crippen molar-refractivity contribution >= 4 is 22.8 Å². The first kappa shape index (κ1) is 15.4. The molecule has 3 aromatic rings. The quantitative estimate of drug-likeness (QED) is 0.628. The van der Waals surface area contributed by atoms with Crippen LogP contribution in [0, 0.1) is 6.92 Å². The lowest BCUT2D eigenvalue weighted by molar-refractivity contribution is 0.112. The third kappa shape index (κ3) is 3.85. The maximum Gasteiger partial charge on any atom is 0.186 e. The summed E-state index contributed by atoms with van der Waals surface area (Å²) < 4.78 is 0. The smallest absolute Gasteiger partial charge is 0.186 e. The number of benzene rings is 2. The summed E-state index contributed by atoms with van der Waals surface area (Å²) in [7, 11) is 0. The molecule has 4 heteroatoms. The molecule has 3 rings (SSSR count). The van der Waals surface area contributed by atoms with Crippen molar-refractivity contribution in [2.75, 3.05) is 4.90 Å². The zero-order valence-corrected chi connectivity index (χ0v) is 13.8. The van der Waals surface area contributed by atoms with Crippen molar-refractivity contribution in [2.45, 2.75) is 20.0 Å². The molecule has 1 aromatic heterocycles. The number of aromatic nitrogens is 1. The third-order valence-electron chi connectivity index (χ3n) is 3.63. The summed E-state index contributed by atoms with van der Waals surface area (Å²) in [5.41, 5.74) is 3.25. The Hall–Kier alpha value is -2.46. The molecule has 1 heterocycles. The van der Waals surface area contributed by atoms with Crippen molar-refractivity contribution in [2.24, 2.45) is 0 Å². The summed E-state index contributed by atoms with van der Waals surface area (Å²) in [6, 6.07) is 20.6. The number of hydrogen-bond acceptors (Lipinski definition) is 4.